The third-order valence-corrected chi connectivity index (χ3v) is 7.21. The van der Waals surface area contributed by atoms with E-state index in [4.69, 9.17) is 18.9 Å². The van der Waals surface area contributed by atoms with Gasteiger partial charge in [-0.15, -0.1) is 0 Å². The van der Waals surface area contributed by atoms with Crippen LogP contribution in [0.15, 0.2) is 110 Å². The molecular weight excluding hydrogens is 552 g/mol. The van der Waals surface area contributed by atoms with Crippen molar-refractivity contribution in [3.8, 4) is 17.2 Å². The van der Waals surface area contributed by atoms with Gasteiger partial charge in [0.05, 0.1) is 25.4 Å². The fourth-order valence-electron chi connectivity index (χ4n) is 4.74. The standard InChI is InChI=1S/C38H40O6/c1-4-28(3)41-23-10-11-25-43-35-20-22-37-30(27-35)14-13-29-26-31(15-21-36(29)37)38(40)44-34-18-16-33(17-19-34)42-24-9-7-6-8-12-32(39)5-2/h4-5,13-22,26-27H,1-3,6-12,23-25H2. The fraction of sp³-hybridized carbons (Fsp3) is 0.263. The summed E-state index contributed by atoms with van der Waals surface area (Å²) in [6.45, 7) is 12.6. The molecular formula is C38H40O6. The van der Waals surface area contributed by atoms with Crippen LogP contribution < -0.4 is 14.2 Å². The molecule has 0 heterocycles. The van der Waals surface area contributed by atoms with Crippen molar-refractivity contribution < 1.29 is 28.5 Å². The Bertz CT molecular complexity index is 1600. The number of hydrogen-bond donors (Lipinski definition) is 0. The number of benzene rings is 4. The number of carbonyl (C=O) groups is 2. The van der Waals surface area contributed by atoms with E-state index in [0.29, 0.717) is 43.3 Å². The first kappa shape index (κ1) is 32.1. The Morgan fingerprint density at radius 1 is 0.614 bits per heavy atom. The first-order valence-corrected chi connectivity index (χ1v) is 15.1. The van der Waals surface area contributed by atoms with E-state index in [9.17, 15) is 9.59 Å². The van der Waals surface area contributed by atoms with Crippen molar-refractivity contribution in [3.05, 3.63) is 116 Å². The van der Waals surface area contributed by atoms with Gasteiger partial charge in [-0.05, 0) is 108 Å². The van der Waals surface area contributed by atoms with E-state index in [1.807, 2.05) is 36.4 Å². The summed E-state index contributed by atoms with van der Waals surface area (Å²) in [6, 6.07) is 22.8. The maximum Gasteiger partial charge on any atom is 0.343 e. The number of hydrogen-bond acceptors (Lipinski definition) is 6. The molecule has 0 atom stereocenters. The maximum absolute atomic E-state index is 12.9. The minimum atomic E-state index is -0.418. The summed E-state index contributed by atoms with van der Waals surface area (Å²) in [4.78, 5) is 24.2. The molecule has 44 heavy (non-hydrogen) atoms. The van der Waals surface area contributed by atoms with Gasteiger partial charge in [-0.2, -0.15) is 0 Å². The topological polar surface area (TPSA) is 71.1 Å². The number of ether oxygens (including phenoxy) is 4. The molecule has 0 fully saturated rings. The zero-order valence-electron chi connectivity index (χ0n) is 25.2. The minimum absolute atomic E-state index is 0.0957. The van der Waals surface area contributed by atoms with Crippen molar-refractivity contribution >= 4 is 33.3 Å². The second-order valence-electron chi connectivity index (χ2n) is 10.5. The molecule has 228 valence electrons. The summed E-state index contributed by atoms with van der Waals surface area (Å²) < 4.78 is 22.8. The monoisotopic (exact) mass is 592 g/mol. The van der Waals surface area contributed by atoms with Crippen LogP contribution in [0, 0.1) is 0 Å². The molecule has 0 bridgehead atoms. The first-order valence-electron chi connectivity index (χ1n) is 15.1. The van der Waals surface area contributed by atoms with Crippen LogP contribution in [-0.4, -0.2) is 31.6 Å². The Morgan fingerprint density at radius 3 is 1.93 bits per heavy atom. The highest BCUT2D eigenvalue weighted by Crippen LogP contribution is 2.30. The van der Waals surface area contributed by atoms with Gasteiger partial charge in [0.2, 0.25) is 0 Å². The number of rotatable bonds is 19. The fourth-order valence-corrected chi connectivity index (χ4v) is 4.74. The summed E-state index contributed by atoms with van der Waals surface area (Å²) in [5.41, 5.74) is 0.479. The SMILES string of the molecule is C=CC(=C)OCCCCOc1ccc2c(ccc3cc(C(=O)Oc4ccc(OCCCCCCC(=O)C=C)cc4)ccc32)c1. The minimum Gasteiger partial charge on any atom is -0.494 e. The lowest BCUT2D eigenvalue weighted by atomic mass is 10.00. The van der Waals surface area contributed by atoms with Crippen LogP contribution >= 0.6 is 0 Å². The van der Waals surface area contributed by atoms with E-state index in [-0.39, 0.29) is 5.78 Å². The highest BCUT2D eigenvalue weighted by molar-refractivity contribution is 6.09. The molecule has 4 aromatic rings. The average Bonchev–Trinajstić information content (AvgIpc) is 3.05. The molecule has 0 aliphatic heterocycles. The zero-order chi connectivity index (χ0) is 31.1. The van der Waals surface area contributed by atoms with Crippen LogP contribution in [0.3, 0.4) is 0 Å². The summed E-state index contributed by atoms with van der Waals surface area (Å²) in [5, 5.41) is 4.16. The molecule has 4 rings (SSSR count). The Hall–Kier alpha value is -4.84. The lowest BCUT2D eigenvalue weighted by Crippen LogP contribution is -2.08. The Kier molecular flexibility index (Phi) is 12.2. The van der Waals surface area contributed by atoms with Gasteiger partial charge < -0.3 is 18.9 Å². The third kappa shape index (κ3) is 9.60. The molecule has 0 amide bonds. The Morgan fingerprint density at radius 2 is 1.20 bits per heavy atom. The van der Waals surface area contributed by atoms with Crippen LogP contribution in [-0.2, 0) is 9.53 Å². The van der Waals surface area contributed by atoms with Gasteiger partial charge >= 0.3 is 5.97 Å². The van der Waals surface area contributed by atoms with Gasteiger partial charge in [-0.3, -0.25) is 4.79 Å². The molecule has 0 saturated carbocycles. The largest absolute Gasteiger partial charge is 0.494 e. The van der Waals surface area contributed by atoms with Crippen molar-refractivity contribution in [2.75, 3.05) is 19.8 Å². The highest BCUT2D eigenvalue weighted by Gasteiger charge is 2.11. The molecule has 6 nitrogen and oxygen atoms in total. The van der Waals surface area contributed by atoms with Crippen molar-refractivity contribution in [2.45, 2.75) is 44.9 Å². The molecule has 0 saturated heterocycles. The second kappa shape index (κ2) is 16.7. The van der Waals surface area contributed by atoms with Crippen molar-refractivity contribution in [1.82, 2.24) is 0 Å². The number of carbonyl (C=O) groups excluding carboxylic acids is 2. The van der Waals surface area contributed by atoms with Crippen molar-refractivity contribution in [1.29, 1.82) is 0 Å². The summed E-state index contributed by atoms with van der Waals surface area (Å²) in [6.07, 6.45) is 9.07. The number of fused-ring (bicyclic) bond motifs is 3. The van der Waals surface area contributed by atoms with Gasteiger partial charge in [-0.25, -0.2) is 4.79 Å². The molecule has 4 aromatic carbocycles. The van der Waals surface area contributed by atoms with Gasteiger partial charge in [-0.1, -0.05) is 56.8 Å². The summed E-state index contributed by atoms with van der Waals surface area (Å²) >= 11 is 0. The van der Waals surface area contributed by atoms with Crippen molar-refractivity contribution in [3.63, 3.8) is 0 Å². The molecule has 0 spiro atoms. The second-order valence-corrected chi connectivity index (χ2v) is 10.5. The third-order valence-electron chi connectivity index (χ3n) is 7.21. The van der Waals surface area contributed by atoms with E-state index >= 15 is 0 Å². The number of unbranched alkanes of at least 4 members (excludes halogenated alkanes) is 4. The van der Waals surface area contributed by atoms with E-state index in [1.165, 1.54) is 6.08 Å². The van der Waals surface area contributed by atoms with Crippen molar-refractivity contribution in [2.24, 2.45) is 0 Å². The smallest absolute Gasteiger partial charge is 0.343 e. The number of ketones is 1. The van der Waals surface area contributed by atoms with E-state index in [2.05, 4.69) is 25.8 Å². The molecule has 0 radical (unpaired) electrons. The normalized spacial score (nSPS) is 10.7. The lowest BCUT2D eigenvalue weighted by Gasteiger charge is -2.11. The predicted octanol–water partition coefficient (Wildman–Crippen LogP) is 9.17. The number of allylic oxidation sites excluding steroid dienone is 2. The van der Waals surface area contributed by atoms with Gasteiger partial charge in [0, 0.05) is 6.42 Å². The van der Waals surface area contributed by atoms with Crippen LogP contribution in [0.2, 0.25) is 0 Å². The van der Waals surface area contributed by atoms with Crippen LogP contribution in [0.25, 0.3) is 21.5 Å². The summed E-state index contributed by atoms with van der Waals surface area (Å²) in [5.74, 6) is 2.26. The van der Waals surface area contributed by atoms with Gasteiger partial charge in [0.15, 0.2) is 5.78 Å². The molecule has 0 unspecified atom stereocenters. The lowest BCUT2D eigenvalue weighted by molar-refractivity contribution is -0.114. The molecule has 0 aliphatic carbocycles. The van der Waals surface area contributed by atoms with E-state index in [0.717, 1.165) is 71.6 Å². The maximum atomic E-state index is 12.9. The summed E-state index contributed by atoms with van der Waals surface area (Å²) in [7, 11) is 0. The average molecular weight is 593 g/mol. The predicted molar refractivity (Wildman–Crippen MR) is 177 cm³/mol. The Labute approximate surface area is 259 Å². The zero-order valence-corrected chi connectivity index (χ0v) is 25.2. The van der Waals surface area contributed by atoms with Crippen LogP contribution in [0.1, 0.15) is 55.3 Å². The van der Waals surface area contributed by atoms with E-state index in [1.54, 1.807) is 36.4 Å². The highest BCUT2D eigenvalue weighted by atomic mass is 16.5. The Balaban J connectivity index is 1.26. The van der Waals surface area contributed by atoms with Gasteiger partial charge in [0.25, 0.3) is 0 Å². The molecule has 0 N–H and O–H groups in total. The number of esters is 1. The first-order chi connectivity index (χ1) is 21.5. The molecule has 0 aliphatic rings. The quantitative estimate of drug-likeness (QED) is 0.0206. The van der Waals surface area contributed by atoms with Crippen LogP contribution in [0.5, 0.6) is 17.2 Å². The molecule has 0 aromatic heterocycles. The van der Waals surface area contributed by atoms with Crippen LogP contribution in [0.4, 0.5) is 0 Å². The van der Waals surface area contributed by atoms with E-state index < -0.39 is 5.97 Å². The molecule has 6 heteroatoms. The van der Waals surface area contributed by atoms with Gasteiger partial charge in [0.1, 0.15) is 23.0 Å².